The minimum Gasteiger partial charge on any atom is -0.350 e. The number of nitrogens with one attached hydrogen (secondary N) is 1. The number of halogens is 1. The average Bonchev–Trinajstić information content (AvgIpc) is 2.75. The largest absolute Gasteiger partial charge is 0.350 e. The van der Waals surface area contributed by atoms with Gasteiger partial charge in [0, 0.05) is 29.5 Å². The van der Waals surface area contributed by atoms with Gasteiger partial charge in [-0.05, 0) is 82.9 Å². The van der Waals surface area contributed by atoms with Crippen molar-refractivity contribution in [3.05, 3.63) is 63.6 Å². The van der Waals surface area contributed by atoms with Crippen molar-refractivity contribution in [3.8, 4) is 0 Å². The summed E-state index contributed by atoms with van der Waals surface area (Å²) in [5.41, 5.74) is 2.89. The van der Waals surface area contributed by atoms with E-state index in [1.807, 2.05) is 77.1 Å². The van der Waals surface area contributed by atoms with Crippen molar-refractivity contribution in [1.82, 2.24) is 10.2 Å². The maximum atomic E-state index is 13.4. The van der Waals surface area contributed by atoms with Crippen LogP contribution < -0.4 is 9.62 Å². The summed E-state index contributed by atoms with van der Waals surface area (Å²) in [5, 5.41) is 2.95. The number of carbonyl (C=O) groups is 2. The second-order valence-corrected chi connectivity index (χ2v) is 13.1. The Morgan fingerprint density at radius 3 is 2.22 bits per heavy atom. The molecule has 0 aliphatic rings. The van der Waals surface area contributed by atoms with Gasteiger partial charge in [0.15, 0.2) is 0 Å². The standard InChI is InChI=1S/C27H38BrN3O4S/c1-19-10-11-20(2)24(17-19)31(36(7,34)35)16-8-9-25(32)30(18-22-12-14-23(28)15-13-22)21(3)26(33)29-27(4,5)6/h10-15,17,21H,8-9,16,18H2,1-7H3,(H,29,33)/t21-/m0/s1. The highest BCUT2D eigenvalue weighted by atomic mass is 79.9. The number of rotatable bonds is 10. The third-order valence-electron chi connectivity index (χ3n) is 5.72. The zero-order valence-corrected chi connectivity index (χ0v) is 24.7. The van der Waals surface area contributed by atoms with Gasteiger partial charge in [0.1, 0.15) is 6.04 Å². The van der Waals surface area contributed by atoms with Crippen LogP contribution in [0.4, 0.5) is 5.69 Å². The van der Waals surface area contributed by atoms with Crippen LogP contribution in [0, 0.1) is 13.8 Å². The van der Waals surface area contributed by atoms with Gasteiger partial charge in [0.2, 0.25) is 21.8 Å². The predicted octanol–water partition coefficient (Wildman–Crippen LogP) is 4.94. The van der Waals surface area contributed by atoms with Crippen LogP contribution in [-0.2, 0) is 26.2 Å². The smallest absolute Gasteiger partial charge is 0.242 e. The number of nitrogens with zero attached hydrogens (tertiary/aromatic N) is 2. The Morgan fingerprint density at radius 2 is 1.67 bits per heavy atom. The third kappa shape index (κ3) is 8.92. The van der Waals surface area contributed by atoms with Crippen LogP contribution in [0.15, 0.2) is 46.9 Å². The van der Waals surface area contributed by atoms with Crippen molar-refractivity contribution in [2.45, 2.75) is 72.5 Å². The van der Waals surface area contributed by atoms with Crippen LogP contribution in [0.1, 0.15) is 57.2 Å². The Kier molecular flexibility index (Phi) is 10.1. The number of sulfonamides is 1. The Bertz CT molecular complexity index is 1170. The van der Waals surface area contributed by atoms with E-state index >= 15 is 0 Å². The van der Waals surface area contributed by atoms with Gasteiger partial charge in [0.25, 0.3) is 0 Å². The van der Waals surface area contributed by atoms with Gasteiger partial charge in [-0.3, -0.25) is 13.9 Å². The van der Waals surface area contributed by atoms with Crippen molar-refractivity contribution in [3.63, 3.8) is 0 Å². The zero-order chi connectivity index (χ0) is 27.3. The molecule has 2 rings (SSSR count). The lowest BCUT2D eigenvalue weighted by molar-refractivity contribution is -0.141. The number of hydrogen-bond donors (Lipinski definition) is 1. The van der Waals surface area contributed by atoms with Gasteiger partial charge in [-0.25, -0.2) is 8.42 Å². The van der Waals surface area contributed by atoms with Crippen LogP contribution in [0.25, 0.3) is 0 Å². The van der Waals surface area contributed by atoms with Gasteiger partial charge < -0.3 is 10.2 Å². The molecule has 9 heteroatoms. The molecule has 0 spiro atoms. The first-order valence-electron chi connectivity index (χ1n) is 12.0. The molecule has 1 N–H and O–H groups in total. The van der Waals surface area contributed by atoms with Crippen molar-refractivity contribution < 1.29 is 18.0 Å². The van der Waals surface area contributed by atoms with Gasteiger partial charge in [-0.1, -0.05) is 40.2 Å². The molecule has 0 radical (unpaired) electrons. The fourth-order valence-corrected chi connectivity index (χ4v) is 5.09. The number of benzene rings is 2. The molecule has 0 bridgehead atoms. The molecular weight excluding hydrogens is 542 g/mol. The second kappa shape index (κ2) is 12.2. The monoisotopic (exact) mass is 579 g/mol. The summed E-state index contributed by atoms with van der Waals surface area (Å²) in [6.07, 6.45) is 1.61. The first kappa shape index (κ1) is 29.8. The molecule has 0 saturated carbocycles. The molecule has 2 aromatic carbocycles. The van der Waals surface area contributed by atoms with Crippen molar-refractivity contribution in [2.75, 3.05) is 17.1 Å². The molecule has 1 atom stereocenters. The molecule has 2 aromatic rings. The molecule has 0 unspecified atom stereocenters. The van der Waals surface area contributed by atoms with E-state index in [1.54, 1.807) is 11.8 Å². The Labute approximate surface area is 224 Å². The number of amides is 2. The summed E-state index contributed by atoms with van der Waals surface area (Å²) in [5.74, 6) is -0.440. The van der Waals surface area contributed by atoms with E-state index in [9.17, 15) is 18.0 Å². The van der Waals surface area contributed by atoms with E-state index in [4.69, 9.17) is 0 Å². The Morgan fingerprint density at radius 1 is 1.06 bits per heavy atom. The Balaban J connectivity index is 2.22. The first-order valence-corrected chi connectivity index (χ1v) is 14.6. The molecular formula is C27H38BrN3O4S. The minimum absolute atomic E-state index is 0.112. The van der Waals surface area contributed by atoms with Crippen molar-refractivity contribution >= 4 is 43.5 Å². The summed E-state index contributed by atoms with van der Waals surface area (Å²) >= 11 is 3.42. The molecule has 0 aliphatic carbocycles. The van der Waals surface area contributed by atoms with Crippen molar-refractivity contribution in [2.24, 2.45) is 0 Å². The zero-order valence-electron chi connectivity index (χ0n) is 22.3. The second-order valence-electron chi connectivity index (χ2n) is 10.3. The molecule has 0 fully saturated rings. The number of carbonyl (C=O) groups excluding carboxylic acids is 2. The SMILES string of the molecule is Cc1ccc(C)c(N(CCCC(=O)N(Cc2ccc(Br)cc2)[C@@H](C)C(=O)NC(C)(C)C)S(C)(=O)=O)c1. The molecule has 0 heterocycles. The van der Waals surface area contributed by atoms with Crippen molar-refractivity contribution in [1.29, 1.82) is 0 Å². The van der Waals surface area contributed by atoms with E-state index < -0.39 is 21.6 Å². The molecule has 0 aromatic heterocycles. The summed E-state index contributed by atoms with van der Waals surface area (Å²) in [7, 11) is -3.54. The molecule has 198 valence electrons. The summed E-state index contributed by atoms with van der Waals surface area (Å²) in [4.78, 5) is 27.9. The fraction of sp³-hybridized carbons (Fsp3) is 0.481. The van der Waals surface area contributed by atoms with E-state index in [1.165, 1.54) is 10.6 Å². The van der Waals surface area contributed by atoms with E-state index in [2.05, 4.69) is 21.2 Å². The maximum absolute atomic E-state index is 13.4. The van der Waals surface area contributed by atoms with Gasteiger partial charge in [-0.2, -0.15) is 0 Å². The first-order chi connectivity index (χ1) is 16.6. The number of anilines is 1. The molecule has 0 saturated heterocycles. The molecule has 7 nitrogen and oxygen atoms in total. The van der Waals surface area contributed by atoms with Crippen LogP contribution in [0.3, 0.4) is 0 Å². The lowest BCUT2D eigenvalue weighted by atomic mass is 10.1. The van der Waals surface area contributed by atoms with Crippen LogP contribution in [-0.4, -0.2) is 49.5 Å². The van der Waals surface area contributed by atoms with Crippen LogP contribution >= 0.6 is 15.9 Å². The topological polar surface area (TPSA) is 86.8 Å². The summed E-state index contributed by atoms with van der Waals surface area (Å²) in [6, 6.07) is 12.6. The lowest BCUT2D eigenvalue weighted by Gasteiger charge is -2.32. The number of aryl methyl sites for hydroxylation is 2. The molecule has 2 amide bonds. The normalized spacial score (nSPS) is 12.7. The van der Waals surface area contributed by atoms with Gasteiger partial charge in [-0.15, -0.1) is 0 Å². The third-order valence-corrected chi connectivity index (χ3v) is 7.43. The maximum Gasteiger partial charge on any atom is 0.242 e. The fourth-order valence-electron chi connectivity index (χ4n) is 3.81. The quantitative estimate of drug-likeness (QED) is 0.431. The molecule has 36 heavy (non-hydrogen) atoms. The summed E-state index contributed by atoms with van der Waals surface area (Å²) in [6.45, 7) is 11.6. The average molecular weight is 581 g/mol. The van der Waals surface area contributed by atoms with Crippen LogP contribution in [0.2, 0.25) is 0 Å². The molecule has 0 aliphatic heterocycles. The van der Waals surface area contributed by atoms with E-state index in [-0.39, 0.29) is 31.3 Å². The van der Waals surface area contributed by atoms with Gasteiger partial charge in [0.05, 0.1) is 11.9 Å². The Hall–Kier alpha value is -2.39. The minimum atomic E-state index is -3.54. The van der Waals surface area contributed by atoms with Gasteiger partial charge >= 0.3 is 0 Å². The number of hydrogen-bond acceptors (Lipinski definition) is 4. The highest BCUT2D eigenvalue weighted by Gasteiger charge is 2.28. The van der Waals surface area contributed by atoms with E-state index in [0.29, 0.717) is 12.1 Å². The highest BCUT2D eigenvalue weighted by Crippen LogP contribution is 2.25. The van der Waals surface area contributed by atoms with Crippen LogP contribution in [0.5, 0.6) is 0 Å². The predicted molar refractivity (Wildman–Crippen MR) is 149 cm³/mol. The summed E-state index contributed by atoms with van der Waals surface area (Å²) < 4.78 is 27.4. The van der Waals surface area contributed by atoms with E-state index in [0.717, 1.165) is 21.2 Å². The lowest BCUT2D eigenvalue weighted by Crippen LogP contribution is -2.52. The highest BCUT2D eigenvalue weighted by molar-refractivity contribution is 9.10.